The Morgan fingerprint density at radius 3 is 2.64 bits per heavy atom. The highest BCUT2D eigenvalue weighted by Crippen LogP contribution is 2.32. The summed E-state index contributed by atoms with van der Waals surface area (Å²) in [6.07, 6.45) is 0.0938. The number of carbonyl (C=O) groups is 1. The molecule has 0 saturated carbocycles. The highest BCUT2D eigenvalue weighted by Gasteiger charge is 2.29. The smallest absolute Gasteiger partial charge is 0.253 e. The molecular formula is C16H13ClN2O3. The van der Waals surface area contributed by atoms with Gasteiger partial charge in [0.25, 0.3) is 5.91 Å². The lowest BCUT2D eigenvalue weighted by Crippen LogP contribution is -2.19. The van der Waals surface area contributed by atoms with E-state index in [1.54, 1.807) is 36.4 Å². The predicted molar refractivity (Wildman–Crippen MR) is 84.8 cm³/mol. The molecule has 22 heavy (non-hydrogen) atoms. The molecule has 3 rings (SSSR count). The first-order valence-corrected chi connectivity index (χ1v) is 7.00. The van der Waals surface area contributed by atoms with Crippen molar-refractivity contribution in [3.8, 4) is 11.5 Å². The summed E-state index contributed by atoms with van der Waals surface area (Å²) in [5, 5.41) is 16.3. The standard InChI is InChI=1S/C16H13ClN2O3/c1-22-14-4-2-3-13(20)16(14)12-9-15(21)19(18-12)11-7-5-10(17)6-8-11/h2-8,20H,9H2,1H3. The summed E-state index contributed by atoms with van der Waals surface area (Å²) in [7, 11) is 1.51. The largest absolute Gasteiger partial charge is 0.507 e. The zero-order valence-corrected chi connectivity index (χ0v) is 12.5. The van der Waals surface area contributed by atoms with Gasteiger partial charge in [-0.25, -0.2) is 5.01 Å². The average Bonchev–Trinajstić information content (AvgIpc) is 2.89. The van der Waals surface area contributed by atoms with Crippen LogP contribution < -0.4 is 9.75 Å². The molecule has 5 nitrogen and oxygen atoms in total. The Kier molecular flexibility index (Phi) is 3.73. The van der Waals surface area contributed by atoms with Gasteiger partial charge < -0.3 is 9.84 Å². The number of carbonyl (C=O) groups excluding carboxylic acids is 1. The van der Waals surface area contributed by atoms with Crippen molar-refractivity contribution in [2.45, 2.75) is 6.42 Å². The minimum absolute atomic E-state index is 0.0313. The molecule has 0 unspecified atom stereocenters. The number of anilines is 1. The van der Waals surface area contributed by atoms with Crippen molar-refractivity contribution in [2.75, 3.05) is 12.1 Å². The number of halogens is 1. The normalized spacial score (nSPS) is 14.2. The minimum Gasteiger partial charge on any atom is -0.507 e. The van der Waals surface area contributed by atoms with Crippen molar-refractivity contribution in [1.29, 1.82) is 0 Å². The molecule has 0 bridgehead atoms. The maximum Gasteiger partial charge on any atom is 0.253 e. The van der Waals surface area contributed by atoms with E-state index in [-0.39, 0.29) is 18.1 Å². The van der Waals surface area contributed by atoms with Gasteiger partial charge in [0, 0.05) is 5.02 Å². The van der Waals surface area contributed by atoms with Crippen molar-refractivity contribution >= 4 is 28.9 Å². The predicted octanol–water partition coefficient (Wildman–Crippen LogP) is 3.20. The first kappa shape index (κ1) is 14.4. The van der Waals surface area contributed by atoms with Crippen LogP contribution in [0, 0.1) is 0 Å². The van der Waals surface area contributed by atoms with Crippen LogP contribution >= 0.6 is 11.6 Å². The van der Waals surface area contributed by atoms with E-state index in [1.807, 2.05) is 0 Å². The number of hydrazone groups is 1. The van der Waals surface area contributed by atoms with Crippen LogP contribution in [0.4, 0.5) is 5.69 Å². The third-order valence-corrected chi connectivity index (χ3v) is 3.61. The third-order valence-electron chi connectivity index (χ3n) is 3.36. The first-order valence-electron chi connectivity index (χ1n) is 6.62. The number of methoxy groups -OCH3 is 1. The average molecular weight is 317 g/mol. The molecule has 6 heteroatoms. The van der Waals surface area contributed by atoms with E-state index in [4.69, 9.17) is 16.3 Å². The van der Waals surface area contributed by atoms with E-state index in [0.717, 1.165) is 0 Å². The number of hydrogen-bond donors (Lipinski definition) is 1. The fourth-order valence-electron chi connectivity index (χ4n) is 2.33. The van der Waals surface area contributed by atoms with Gasteiger partial charge in [0.15, 0.2) is 0 Å². The summed E-state index contributed by atoms with van der Waals surface area (Å²) in [4.78, 5) is 12.2. The van der Waals surface area contributed by atoms with E-state index >= 15 is 0 Å². The van der Waals surface area contributed by atoms with Gasteiger partial charge in [-0.05, 0) is 36.4 Å². The molecule has 1 amide bonds. The summed E-state index contributed by atoms with van der Waals surface area (Å²) >= 11 is 5.85. The Labute approximate surface area is 132 Å². The number of aromatic hydroxyl groups is 1. The highest BCUT2D eigenvalue weighted by molar-refractivity contribution is 6.30. The maximum absolute atomic E-state index is 12.2. The van der Waals surface area contributed by atoms with Crippen LogP contribution in [0.2, 0.25) is 5.02 Å². The number of hydrogen-bond acceptors (Lipinski definition) is 4. The first-order chi connectivity index (χ1) is 10.6. The molecular weight excluding hydrogens is 304 g/mol. The lowest BCUT2D eigenvalue weighted by atomic mass is 10.1. The molecule has 0 aromatic heterocycles. The van der Waals surface area contributed by atoms with Crippen molar-refractivity contribution < 1.29 is 14.6 Å². The Hall–Kier alpha value is -2.53. The summed E-state index contributed by atoms with van der Waals surface area (Å²) in [5.41, 5.74) is 1.53. The Balaban J connectivity index is 2.02. The monoisotopic (exact) mass is 316 g/mol. The fraction of sp³-hybridized carbons (Fsp3) is 0.125. The minimum atomic E-state index is -0.178. The van der Waals surface area contributed by atoms with Gasteiger partial charge in [-0.15, -0.1) is 0 Å². The van der Waals surface area contributed by atoms with E-state index < -0.39 is 0 Å². The number of amides is 1. The fourth-order valence-corrected chi connectivity index (χ4v) is 2.46. The van der Waals surface area contributed by atoms with E-state index in [9.17, 15) is 9.90 Å². The topological polar surface area (TPSA) is 62.1 Å². The van der Waals surface area contributed by atoms with E-state index in [2.05, 4.69) is 5.10 Å². The maximum atomic E-state index is 12.2. The summed E-state index contributed by atoms with van der Waals surface area (Å²) in [5.74, 6) is 0.330. The SMILES string of the molecule is COc1cccc(O)c1C1=NN(c2ccc(Cl)cc2)C(=O)C1. The molecule has 112 valence electrons. The molecule has 1 heterocycles. The van der Waals surface area contributed by atoms with Crippen LogP contribution in [0.5, 0.6) is 11.5 Å². The molecule has 1 aliphatic heterocycles. The van der Waals surface area contributed by atoms with E-state index in [0.29, 0.717) is 27.7 Å². The highest BCUT2D eigenvalue weighted by atomic mass is 35.5. The van der Waals surface area contributed by atoms with Crippen LogP contribution in [-0.4, -0.2) is 23.8 Å². The van der Waals surface area contributed by atoms with Crippen molar-refractivity contribution in [3.05, 3.63) is 53.1 Å². The summed E-state index contributed by atoms with van der Waals surface area (Å²) < 4.78 is 5.24. The summed E-state index contributed by atoms with van der Waals surface area (Å²) in [6.45, 7) is 0. The number of phenolic OH excluding ortho intramolecular Hbond substituents is 1. The van der Waals surface area contributed by atoms with Gasteiger partial charge in [0.2, 0.25) is 0 Å². The molecule has 0 aliphatic carbocycles. The number of ether oxygens (including phenoxy) is 1. The molecule has 1 aliphatic rings. The Morgan fingerprint density at radius 2 is 1.95 bits per heavy atom. The molecule has 0 saturated heterocycles. The molecule has 0 atom stereocenters. The number of phenols is 1. The number of nitrogens with zero attached hydrogens (tertiary/aromatic N) is 2. The van der Waals surface area contributed by atoms with Crippen LogP contribution in [0.25, 0.3) is 0 Å². The van der Waals surface area contributed by atoms with Gasteiger partial charge in [0.05, 0.1) is 30.5 Å². The van der Waals surface area contributed by atoms with Crippen LogP contribution in [0.15, 0.2) is 47.6 Å². The number of rotatable bonds is 3. The lowest BCUT2D eigenvalue weighted by Gasteiger charge is -2.11. The second-order valence-corrected chi connectivity index (χ2v) is 5.20. The van der Waals surface area contributed by atoms with Gasteiger partial charge in [-0.2, -0.15) is 5.10 Å². The molecule has 2 aromatic carbocycles. The summed E-state index contributed by atoms with van der Waals surface area (Å²) in [6, 6.07) is 11.7. The molecule has 0 fully saturated rings. The zero-order chi connectivity index (χ0) is 15.7. The quantitative estimate of drug-likeness (QED) is 0.946. The van der Waals surface area contributed by atoms with Crippen molar-refractivity contribution in [3.63, 3.8) is 0 Å². The molecule has 0 spiro atoms. The Morgan fingerprint density at radius 1 is 1.23 bits per heavy atom. The van der Waals surface area contributed by atoms with Gasteiger partial charge in [-0.3, -0.25) is 4.79 Å². The third kappa shape index (κ3) is 2.51. The second kappa shape index (κ2) is 5.69. The van der Waals surface area contributed by atoms with E-state index in [1.165, 1.54) is 18.2 Å². The van der Waals surface area contributed by atoms with Crippen LogP contribution in [0.1, 0.15) is 12.0 Å². The van der Waals surface area contributed by atoms with Gasteiger partial charge in [0.1, 0.15) is 11.5 Å². The molecule has 1 N–H and O–H groups in total. The van der Waals surface area contributed by atoms with Crippen LogP contribution in [0.3, 0.4) is 0 Å². The van der Waals surface area contributed by atoms with Gasteiger partial charge >= 0.3 is 0 Å². The zero-order valence-electron chi connectivity index (χ0n) is 11.8. The lowest BCUT2D eigenvalue weighted by molar-refractivity contribution is -0.116. The van der Waals surface area contributed by atoms with Crippen molar-refractivity contribution in [2.24, 2.45) is 5.10 Å². The second-order valence-electron chi connectivity index (χ2n) is 4.76. The van der Waals surface area contributed by atoms with Gasteiger partial charge in [-0.1, -0.05) is 17.7 Å². The molecule has 0 radical (unpaired) electrons. The Bertz CT molecular complexity index is 756. The molecule has 2 aromatic rings. The number of benzene rings is 2. The van der Waals surface area contributed by atoms with Crippen molar-refractivity contribution in [1.82, 2.24) is 0 Å². The van der Waals surface area contributed by atoms with Crippen LogP contribution in [-0.2, 0) is 4.79 Å².